The van der Waals surface area contributed by atoms with Crippen molar-refractivity contribution in [2.75, 3.05) is 13.6 Å². The fraction of sp³-hybridized carbons (Fsp3) is 0.706. The van der Waals surface area contributed by atoms with E-state index in [0.29, 0.717) is 17.5 Å². The number of hydrogen-bond donors (Lipinski definition) is 1. The normalized spacial score (nSPS) is 25.9. The van der Waals surface area contributed by atoms with Crippen molar-refractivity contribution in [3.63, 3.8) is 0 Å². The van der Waals surface area contributed by atoms with E-state index in [-0.39, 0.29) is 0 Å². The molecule has 1 aromatic rings. The van der Waals surface area contributed by atoms with Gasteiger partial charge in [0, 0.05) is 31.0 Å². The first-order valence-corrected chi connectivity index (χ1v) is 7.87. The maximum Gasteiger partial charge on any atom is 0.0312 e. The van der Waals surface area contributed by atoms with Gasteiger partial charge in [0.2, 0.25) is 0 Å². The Balaban J connectivity index is 2.08. The number of aromatic nitrogens is 1. The van der Waals surface area contributed by atoms with Crippen molar-refractivity contribution in [2.24, 2.45) is 5.41 Å². The van der Waals surface area contributed by atoms with E-state index in [9.17, 15) is 0 Å². The smallest absolute Gasteiger partial charge is 0.0312 e. The molecule has 0 amide bonds. The lowest BCUT2D eigenvalue weighted by molar-refractivity contribution is 0.0598. The van der Waals surface area contributed by atoms with Crippen LogP contribution in [0.1, 0.15) is 45.6 Å². The highest BCUT2D eigenvalue weighted by Crippen LogP contribution is 2.37. The first-order chi connectivity index (χ1) is 9.54. The fourth-order valence-electron chi connectivity index (χ4n) is 3.61. The van der Waals surface area contributed by atoms with Gasteiger partial charge < -0.3 is 5.32 Å². The van der Waals surface area contributed by atoms with Gasteiger partial charge in [-0.3, -0.25) is 9.88 Å². The van der Waals surface area contributed by atoms with Crippen LogP contribution in [0.3, 0.4) is 0 Å². The van der Waals surface area contributed by atoms with Gasteiger partial charge in [-0.1, -0.05) is 33.3 Å². The number of pyridine rings is 1. The van der Waals surface area contributed by atoms with E-state index in [0.717, 1.165) is 13.1 Å². The number of rotatable bonds is 5. The molecule has 0 spiro atoms. The number of likely N-dealkylation sites (N-methyl/N-ethyl adjacent to an activating group) is 2. The summed E-state index contributed by atoms with van der Waals surface area (Å²) in [5.74, 6) is 0. The highest BCUT2D eigenvalue weighted by atomic mass is 15.2. The summed E-state index contributed by atoms with van der Waals surface area (Å²) in [6.07, 6.45) is 7.76. The second-order valence-corrected chi connectivity index (χ2v) is 6.76. The van der Waals surface area contributed by atoms with Crippen molar-refractivity contribution in [3.05, 3.63) is 30.1 Å². The molecular weight excluding hydrogens is 246 g/mol. The van der Waals surface area contributed by atoms with Crippen LogP contribution in [0.4, 0.5) is 0 Å². The predicted octanol–water partition coefficient (Wildman–Crippen LogP) is 3.07. The van der Waals surface area contributed by atoms with Crippen molar-refractivity contribution in [3.8, 4) is 0 Å². The monoisotopic (exact) mass is 275 g/mol. The van der Waals surface area contributed by atoms with Gasteiger partial charge in [-0.05, 0) is 43.5 Å². The van der Waals surface area contributed by atoms with Crippen LogP contribution in [0.25, 0.3) is 0 Å². The first-order valence-electron chi connectivity index (χ1n) is 7.87. The minimum atomic E-state index is 0.377. The van der Waals surface area contributed by atoms with Crippen molar-refractivity contribution in [1.82, 2.24) is 15.2 Å². The third-order valence-electron chi connectivity index (χ3n) is 4.69. The fourth-order valence-corrected chi connectivity index (χ4v) is 3.61. The van der Waals surface area contributed by atoms with Crippen LogP contribution in [0.2, 0.25) is 0 Å². The molecule has 1 heterocycles. The molecule has 0 saturated heterocycles. The number of nitrogens with one attached hydrogen (secondary N) is 1. The first kappa shape index (κ1) is 15.5. The Bertz CT molecular complexity index is 402. The second kappa shape index (κ2) is 6.68. The molecule has 1 fully saturated rings. The van der Waals surface area contributed by atoms with Gasteiger partial charge in [0.25, 0.3) is 0 Å². The van der Waals surface area contributed by atoms with Crippen LogP contribution >= 0.6 is 0 Å². The highest BCUT2D eigenvalue weighted by Gasteiger charge is 2.39. The zero-order valence-corrected chi connectivity index (χ0v) is 13.4. The van der Waals surface area contributed by atoms with E-state index >= 15 is 0 Å². The molecule has 0 aliphatic heterocycles. The molecule has 112 valence electrons. The van der Waals surface area contributed by atoms with Gasteiger partial charge in [-0.2, -0.15) is 0 Å². The molecule has 1 N–H and O–H groups in total. The van der Waals surface area contributed by atoms with Crippen molar-refractivity contribution in [2.45, 2.75) is 58.7 Å². The summed E-state index contributed by atoms with van der Waals surface area (Å²) in [4.78, 5) is 6.73. The Labute approximate surface area is 123 Å². The van der Waals surface area contributed by atoms with Crippen molar-refractivity contribution in [1.29, 1.82) is 0 Å². The van der Waals surface area contributed by atoms with Crippen LogP contribution < -0.4 is 5.32 Å². The van der Waals surface area contributed by atoms with Gasteiger partial charge in [-0.15, -0.1) is 0 Å². The predicted molar refractivity (Wildman–Crippen MR) is 84.6 cm³/mol. The van der Waals surface area contributed by atoms with E-state index in [4.69, 9.17) is 0 Å². The van der Waals surface area contributed by atoms with E-state index < -0.39 is 0 Å². The minimum absolute atomic E-state index is 0.377. The third kappa shape index (κ3) is 3.58. The Morgan fingerprint density at radius 1 is 1.45 bits per heavy atom. The van der Waals surface area contributed by atoms with Crippen LogP contribution in [0.15, 0.2) is 24.5 Å². The van der Waals surface area contributed by atoms with Crippen LogP contribution in [-0.2, 0) is 6.54 Å². The van der Waals surface area contributed by atoms with Gasteiger partial charge in [-0.25, -0.2) is 0 Å². The van der Waals surface area contributed by atoms with E-state index in [1.807, 2.05) is 18.5 Å². The van der Waals surface area contributed by atoms with Crippen LogP contribution in [0, 0.1) is 5.41 Å². The van der Waals surface area contributed by atoms with Gasteiger partial charge >= 0.3 is 0 Å². The Hall–Kier alpha value is -0.930. The molecular formula is C17H29N3. The molecule has 3 heteroatoms. The standard InChI is InChI=1S/C17H29N3/c1-5-19-16-15(9-6-10-17(16,2)3)20(4)13-14-8-7-11-18-12-14/h7-8,11-12,15-16,19H,5-6,9-10,13H2,1-4H3. The molecule has 0 bridgehead atoms. The van der Waals surface area contributed by atoms with Gasteiger partial charge in [0.15, 0.2) is 0 Å². The summed E-state index contributed by atoms with van der Waals surface area (Å²) in [5.41, 5.74) is 1.68. The molecule has 1 aliphatic carbocycles. The SMILES string of the molecule is CCNC1C(N(C)Cc2cccnc2)CCCC1(C)C. The lowest BCUT2D eigenvalue weighted by Crippen LogP contribution is -2.57. The zero-order valence-electron chi connectivity index (χ0n) is 13.4. The molecule has 2 unspecified atom stereocenters. The minimum Gasteiger partial charge on any atom is -0.312 e. The molecule has 1 aliphatic rings. The topological polar surface area (TPSA) is 28.2 Å². The molecule has 1 aromatic heterocycles. The molecule has 3 nitrogen and oxygen atoms in total. The largest absolute Gasteiger partial charge is 0.312 e. The second-order valence-electron chi connectivity index (χ2n) is 6.76. The lowest BCUT2D eigenvalue weighted by atomic mass is 9.70. The summed E-state index contributed by atoms with van der Waals surface area (Å²) >= 11 is 0. The average Bonchev–Trinajstić information content (AvgIpc) is 2.42. The van der Waals surface area contributed by atoms with Crippen molar-refractivity contribution < 1.29 is 0 Å². The quantitative estimate of drug-likeness (QED) is 0.895. The summed E-state index contributed by atoms with van der Waals surface area (Å²) in [6.45, 7) is 9.06. The molecule has 20 heavy (non-hydrogen) atoms. The van der Waals surface area contributed by atoms with E-state index in [1.165, 1.54) is 24.8 Å². The summed E-state index contributed by atoms with van der Waals surface area (Å²) in [5, 5.41) is 3.73. The summed E-state index contributed by atoms with van der Waals surface area (Å²) in [6, 6.07) is 5.37. The lowest BCUT2D eigenvalue weighted by Gasteiger charge is -2.48. The summed E-state index contributed by atoms with van der Waals surface area (Å²) in [7, 11) is 2.25. The van der Waals surface area contributed by atoms with Crippen LogP contribution in [-0.4, -0.2) is 35.6 Å². The Kier molecular flexibility index (Phi) is 5.17. The zero-order chi connectivity index (χ0) is 14.6. The number of hydrogen-bond acceptors (Lipinski definition) is 3. The van der Waals surface area contributed by atoms with Crippen molar-refractivity contribution >= 4 is 0 Å². The van der Waals surface area contributed by atoms with Crippen LogP contribution in [0.5, 0.6) is 0 Å². The molecule has 0 aromatic carbocycles. The summed E-state index contributed by atoms with van der Waals surface area (Å²) < 4.78 is 0. The Morgan fingerprint density at radius 3 is 2.90 bits per heavy atom. The van der Waals surface area contributed by atoms with Gasteiger partial charge in [0.05, 0.1) is 0 Å². The third-order valence-corrected chi connectivity index (χ3v) is 4.69. The average molecular weight is 275 g/mol. The van der Waals surface area contributed by atoms with E-state index in [2.05, 4.69) is 49.1 Å². The molecule has 2 atom stereocenters. The maximum atomic E-state index is 4.22. The molecule has 1 saturated carbocycles. The van der Waals surface area contributed by atoms with Gasteiger partial charge in [0.1, 0.15) is 0 Å². The maximum absolute atomic E-state index is 4.22. The highest BCUT2D eigenvalue weighted by molar-refractivity contribution is 5.09. The Morgan fingerprint density at radius 2 is 2.25 bits per heavy atom. The van der Waals surface area contributed by atoms with E-state index in [1.54, 1.807) is 0 Å². The molecule has 0 radical (unpaired) electrons. The molecule has 2 rings (SSSR count). The number of nitrogens with zero attached hydrogens (tertiary/aromatic N) is 2.